The number of nitrogens with zero attached hydrogens (tertiary/aromatic N) is 5. The van der Waals surface area contributed by atoms with Crippen molar-refractivity contribution >= 4 is 11.5 Å². The van der Waals surface area contributed by atoms with Crippen LogP contribution in [0, 0.1) is 0 Å². The Morgan fingerprint density at radius 3 is 1.91 bits per heavy atom. The van der Waals surface area contributed by atoms with E-state index in [4.69, 9.17) is 18.9 Å². The van der Waals surface area contributed by atoms with Crippen molar-refractivity contribution in [1.82, 2.24) is 19.6 Å². The first kappa shape index (κ1) is 21.2. The van der Waals surface area contributed by atoms with Gasteiger partial charge in [-0.25, -0.2) is 14.5 Å². The molecule has 166 valence electrons. The van der Waals surface area contributed by atoms with Crippen LogP contribution in [-0.2, 0) is 13.1 Å². The molecule has 2 heterocycles. The van der Waals surface area contributed by atoms with Gasteiger partial charge in [-0.1, -0.05) is 0 Å². The van der Waals surface area contributed by atoms with Crippen LogP contribution in [0.5, 0.6) is 23.0 Å². The third-order valence-corrected chi connectivity index (χ3v) is 5.19. The Balaban J connectivity index is 1.77. The second kappa shape index (κ2) is 9.42. The maximum Gasteiger partial charge on any atom is 0.196 e. The zero-order valence-electron chi connectivity index (χ0n) is 18.5. The third kappa shape index (κ3) is 4.22. The molecule has 2 aromatic carbocycles. The summed E-state index contributed by atoms with van der Waals surface area (Å²) in [6.07, 6.45) is 5.02. The molecule has 0 N–H and O–H groups in total. The van der Waals surface area contributed by atoms with Gasteiger partial charge < -0.3 is 23.8 Å². The van der Waals surface area contributed by atoms with Gasteiger partial charge in [0.05, 0.1) is 28.4 Å². The Kier molecular flexibility index (Phi) is 6.25. The number of rotatable bonds is 9. The Morgan fingerprint density at radius 1 is 0.781 bits per heavy atom. The fraction of sp³-hybridized carbons (Fsp3) is 0.261. The number of fused-ring (bicyclic) bond motifs is 1. The van der Waals surface area contributed by atoms with E-state index in [2.05, 4.69) is 20.0 Å². The monoisotopic (exact) mass is 435 g/mol. The summed E-state index contributed by atoms with van der Waals surface area (Å²) in [6.45, 7) is 1.03. The second-order valence-corrected chi connectivity index (χ2v) is 6.99. The summed E-state index contributed by atoms with van der Waals surface area (Å²) in [4.78, 5) is 11.1. The SMILES string of the molecule is COc1ccc(CN(Cc2ccc(OC)cc2OC)c2ncnn3ccnc23)c(OC)c1. The molecular weight excluding hydrogens is 410 g/mol. The Hall–Kier alpha value is -4.01. The Morgan fingerprint density at radius 2 is 1.38 bits per heavy atom. The fourth-order valence-electron chi connectivity index (χ4n) is 3.55. The highest BCUT2D eigenvalue weighted by Gasteiger charge is 2.19. The first-order valence-corrected chi connectivity index (χ1v) is 9.98. The van der Waals surface area contributed by atoms with E-state index >= 15 is 0 Å². The highest BCUT2D eigenvalue weighted by Crippen LogP contribution is 2.31. The highest BCUT2D eigenvalue weighted by atomic mass is 16.5. The fourth-order valence-corrected chi connectivity index (χ4v) is 3.55. The molecule has 0 saturated carbocycles. The highest BCUT2D eigenvalue weighted by molar-refractivity contribution is 5.64. The summed E-state index contributed by atoms with van der Waals surface area (Å²) in [5.41, 5.74) is 2.61. The molecule has 0 aliphatic heterocycles. The van der Waals surface area contributed by atoms with Crippen LogP contribution in [0.1, 0.15) is 11.1 Å². The quantitative estimate of drug-likeness (QED) is 0.396. The van der Waals surface area contributed by atoms with E-state index in [1.807, 2.05) is 36.4 Å². The van der Waals surface area contributed by atoms with E-state index in [1.165, 1.54) is 6.33 Å². The van der Waals surface area contributed by atoms with Crippen molar-refractivity contribution in [2.24, 2.45) is 0 Å². The van der Waals surface area contributed by atoms with Crippen LogP contribution >= 0.6 is 0 Å². The molecule has 9 heteroatoms. The maximum atomic E-state index is 5.62. The molecule has 0 saturated heterocycles. The minimum Gasteiger partial charge on any atom is -0.497 e. The number of hydrogen-bond donors (Lipinski definition) is 0. The average Bonchev–Trinajstić information content (AvgIpc) is 3.33. The number of hydrogen-bond acceptors (Lipinski definition) is 8. The van der Waals surface area contributed by atoms with Crippen molar-refractivity contribution in [3.8, 4) is 23.0 Å². The summed E-state index contributed by atoms with van der Waals surface area (Å²) in [5.74, 6) is 3.60. The molecule has 0 bridgehead atoms. The van der Waals surface area contributed by atoms with Gasteiger partial charge in [-0.15, -0.1) is 0 Å². The molecule has 0 aliphatic carbocycles. The van der Waals surface area contributed by atoms with Crippen LogP contribution in [0.3, 0.4) is 0 Å². The lowest BCUT2D eigenvalue weighted by molar-refractivity contribution is 0.389. The minimum atomic E-state index is 0.516. The lowest BCUT2D eigenvalue weighted by Gasteiger charge is -2.26. The van der Waals surface area contributed by atoms with Crippen molar-refractivity contribution in [3.05, 3.63) is 66.2 Å². The molecule has 0 atom stereocenters. The molecule has 0 radical (unpaired) electrons. The maximum absolute atomic E-state index is 5.62. The van der Waals surface area contributed by atoms with Crippen LogP contribution in [0.2, 0.25) is 0 Å². The first-order valence-electron chi connectivity index (χ1n) is 9.98. The van der Waals surface area contributed by atoms with Crippen LogP contribution in [0.4, 0.5) is 5.82 Å². The molecule has 0 amide bonds. The molecule has 0 unspecified atom stereocenters. The van der Waals surface area contributed by atoms with Gasteiger partial charge in [0.15, 0.2) is 11.5 Å². The molecule has 0 fully saturated rings. The summed E-state index contributed by atoms with van der Waals surface area (Å²) in [5, 5.41) is 4.25. The molecule has 4 aromatic rings. The zero-order valence-corrected chi connectivity index (χ0v) is 18.5. The molecule has 0 aliphatic rings. The lowest BCUT2D eigenvalue weighted by atomic mass is 10.1. The van der Waals surface area contributed by atoms with Crippen LogP contribution in [0.15, 0.2) is 55.1 Å². The van der Waals surface area contributed by atoms with Crippen molar-refractivity contribution in [3.63, 3.8) is 0 Å². The third-order valence-electron chi connectivity index (χ3n) is 5.19. The molecule has 9 nitrogen and oxygen atoms in total. The lowest BCUT2D eigenvalue weighted by Crippen LogP contribution is -2.25. The molecule has 32 heavy (non-hydrogen) atoms. The van der Waals surface area contributed by atoms with Crippen molar-refractivity contribution in [1.29, 1.82) is 0 Å². The molecule has 4 rings (SSSR count). The topological polar surface area (TPSA) is 83.2 Å². The largest absolute Gasteiger partial charge is 0.497 e. The van der Waals surface area contributed by atoms with Gasteiger partial charge in [-0.2, -0.15) is 5.10 Å². The number of imidazole rings is 1. The normalized spacial score (nSPS) is 10.8. The molecular formula is C23H25N5O4. The standard InChI is InChI=1S/C23H25N5O4/c1-29-18-7-5-16(20(11-18)31-3)13-27(22-23-24-9-10-28(23)26-15-25-22)14-17-6-8-19(30-2)12-21(17)32-4/h5-12,15H,13-14H2,1-4H3. The first-order chi connectivity index (χ1) is 15.7. The summed E-state index contributed by atoms with van der Waals surface area (Å²) >= 11 is 0. The average molecular weight is 435 g/mol. The summed E-state index contributed by atoms with van der Waals surface area (Å²) in [7, 11) is 6.55. The van der Waals surface area contributed by atoms with Crippen molar-refractivity contribution < 1.29 is 18.9 Å². The van der Waals surface area contributed by atoms with Gasteiger partial charge in [0, 0.05) is 48.7 Å². The number of benzene rings is 2. The summed E-state index contributed by atoms with van der Waals surface area (Å²) in [6, 6.07) is 11.5. The van der Waals surface area contributed by atoms with Gasteiger partial charge in [0.25, 0.3) is 0 Å². The number of aromatic nitrogens is 4. The van der Waals surface area contributed by atoms with E-state index in [1.54, 1.807) is 45.3 Å². The van der Waals surface area contributed by atoms with Gasteiger partial charge in [-0.3, -0.25) is 0 Å². The number of methoxy groups -OCH3 is 4. The van der Waals surface area contributed by atoms with Crippen molar-refractivity contribution in [2.75, 3.05) is 33.3 Å². The van der Waals surface area contributed by atoms with Crippen LogP contribution in [0.25, 0.3) is 5.65 Å². The minimum absolute atomic E-state index is 0.516. The predicted molar refractivity (Wildman–Crippen MR) is 120 cm³/mol. The van der Waals surface area contributed by atoms with E-state index < -0.39 is 0 Å². The van der Waals surface area contributed by atoms with Gasteiger partial charge in [0.2, 0.25) is 0 Å². The van der Waals surface area contributed by atoms with E-state index in [9.17, 15) is 0 Å². The Labute approximate surface area is 186 Å². The van der Waals surface area contributed by atoms with Crippen LogP contribution in [-0.4, -0.2) is 48.0 Å². The van der Waals surface area contributed by atoms with Gasteiger partial charge in [-0.05, 0) is 24.3 Å². The smallest absolute Gasteiger partial charge is 0.196 e. The van der Waals surface area contributed by atoms with E-state index in [-0.39, 0.29) is 0 Å². The van der Waals surface area contributed by atoms with Crippen LogP contribution < -0.4 is 23.8 Å². The molecule has 2 aromatic heterocycles. The second-order valence-electron chi connectivity index (χ2n) is 6.99. The number of ether oxygens (including phenoxy) is 4. The van der Waals surface area contributed by atoms with Gasteiger partial charge in [0.1, 0.15) is 29.3 Å². The van der Waals surface area contributed by atoms with E-state index in [0.29, 0.717) is 24.6 Å². The zero-order chi connectivity index (χ0) is 22.5. The summed E-state index contributed by atoms with van der Waals surface area (Å²) < 4.78 is 23.6. The van der Waals surface area contributed by atoms with Gasteiger partial charge >= 0.3 is 0 Å². The molecule has 0 spiro atoms. The Bertz CT molecular complexity index is 1150. The van der Waals surface area contributed by atoms with Crippen molar-refractivity contribution in [2.45, 2.75) is 13.1 Å². The van der Waals surface area contributed by atoms with E-state index in [0.717, 1.165) is 34.1 Å². The predicted octanol–water partition coefficient (Wildman–Crippen LogP) is 3.37. The number of anilines is 1.